The van der Waals surface area contributed by atoms with Gasteiger partial charge in [-0.3, -0.25) is 4.79 Å². The van der Waals surface area contributed by atoms with Crippen molar-refractivity contribution in [3.63, 3.8) is 0 Å². The van der Waals surface area contributed by atoms with Crippen LogP contribution in [0.25, 0.3) is 0 Å². The summed E-state index contributed by atoms with van der Waals surface area (Å²) >= 11 is 0. The van der Waals surface area contributed by atoms with Crippen LogP contribution in [0.15, 0.2) is 0 Å². The fraction of sp³-hybridized carbons (Fsp3) is 0.929. The first-order valence-corrected chi connectivity index (χ1v) is 6.98. The number of carbonyl (C=O) groups is 1. The maximum atomic E-state index is 11.5. The highest BCUT2D eigenvalue weighted by Gasteiger charge is 2.06. The number of nitrogens with two attached hydrogens (primary N) is 1. The summed E-state index contributed by atoms with van der Waals surface area (Å²) in [6, 6.07) is 0.0806. The maximum Gasteiger partial charge on any atom is 0.134 e. The molecule has 0 bridgehead atoms. The molecule has 0 aromatic carbocycles. The van der Waals surface area contributed by atoms with Crippen LogP contribution in [0.1, 0.15) is 78.1 Å². The fourth-order valence-electron chi connectivity index (χ4n) is 1.82. The first kappa shape index (κ1) is 15.6. The van der Waals surface area contributed by atoms with Crippen LogP contribution in [0.2, 0.25) is 0 Å². The molecular weight excluding hydrogens is 198 g/mol. The predicted molar refractivity (Wildman–Crippen MR) is 70.5 cm³/mol. The molecule has 0 rings (SSSR count). The van der Waals surface area contributed by atoms with Gasteiger partial charge in [0.15, 0.2) is 0 Å². The molecule has 0 aliphatic carbocycles. The van der Waals surface area contributed by atoms with Crippen molar-refractivity contribution in [1.82, 2.24) is 0 Å². The molecule has 0 aliphatic heterocycles. The van der Waals surface area contributed by atoms with Crippen LogP contribution in [0.5, 0.6) is 0 Å². The Bertz CT molecular complexity index is 168. The van der Waals surface area contributed by atoms with E-state index in [4.69, 9.17) is 5.73 Å². The lowest BCUT2D eigenvalue weighted by Gasteiger charge is -2.07. The van der Waals surface area contributed by atoms with E-state index in [0.29, 0.717) is 12.2 Å². The molecule has 2 N–H and O–H groups in total. The number of unbranched alkanes of at least 4 members (excludes halogenated alkanes) is 6. The van der Waals surface area contributed by atoms with E-state index in [1.54, 1.807) is 0 Å². The van der Waals surface area contributed by atoms with E-state index in [1.165, 1.54) is 38.5 Å². The van der Waals surface area contributed by atoms with E-state index >= 15 is 0 Å². The fourth-order valence-corrected chi connectivity index (χ4v) is 1.82. The molecule has 0 saturated heterocycles. The highest BCUT2D eigenvalue weighted by atomic mass is 16.1. The van der Waals surface area contributed by atoms with E-state index < -0.39 is 0 Å². The Kier molecular flexibility index (Phi) is 10.9. The Balaban J connectivity index is 3.21. The summed E-state index contributed by atoms with van der Waals surface area (Å²) in [5.41, 5.74) is 5.74. The van der Waals surface area contributed by atoms with Gasteiger partial charge in [0.2, 0.25) is 0 Å². The van der Waals surface area contributed by atoms with Crippen molar-refractivity contribution >= 4 is 5.78 Å². The molecular formula is C14H29NO. The van der Waals surface area contributed by atoms with Crippen LogP contribution in [0.3, 0.4) is 0 Å². The Morgan fingerprint density at radius 1 is 1.00 bits per heavy atom. The second kappa shape index (κ2) is 11.1. The van der Waals surface area contributed by atoms with Crippen molar-refractivity contribution in [2.75, 3.05) is 0 Å². The summed E-state index contributed by atoms with van der Waals surface area (Å²) in [4.78, 5) is 11.5. The molecule has 0 aliphatic rings. The zero-order chi connectivity index (χ0) is 12.2. The van der Waals surface area contributed by atoms with Crippen LogP contribution >= 0.6 is 0 Å². The Morgan fingerprint density at radius 3 is 2.12 bits per heavy atom. The molecule has 0 fully saturated rings. The van der Waals surface area contributed by atoms with Gasteiger partial charge in [-0.15, -0.1) is 0 Å². The number of hydrogen-bond acceptors (Lipinski definition) is 2. The summed E-state index contributed by atoms with van der Waals surface area (Å²) in [5.74, 6) is 0.350. The third-order valence-electron chi connectivity index (χ3n) is 3.07. The van der Waals surface area contributed by atoms with E-state index in [9.17, 15) is 4.79 Å². The third kappa shape index (κ3) is 10.2. The summed E-state index contributed by atoms with van der Waals surface area (Å²) in [6.07, 6.45) is 11.1. The summed E-state index contributed by atoms with van der Waals surface area (Å²) < 4.78 is 0. The second-order valence-corrected chi connectivity index (χ2v) is 4.78. The highest BCUT2D eigenvalue weighted by Crippen LogP contribution is 2.09. The standard InChI is InChI=1S/C14H29NO/c1-3-5-6-7-8-9-10-11-14(16)12-13(15)4-2/h13H,3-12,15H2,1-2H3. The second-order valence-electron chi connectivity index (χ2n) is 4.78. The number of carbonyl (C=O) groups excluding carboxylic acids is 1. The first-order chi connectivity index (χ1) is 7.70. The van der Waals surface area contributed by atoms with E-state index in [2.05, 4.69) is 6.92 Å². The number of ketones is 1. The Hall–Kier alpha value is -0.370. The molecule has 0 saturated carbocycles. The van der Waals surface area contributed by atoms with Gasteiger partial charge in [-0.1, -0.05) is 52.4 Å². The molecule has 1 atom stereocenters. The normalized spacial score (nSPS) is 12.7. The van der Waals surface area contributed by atoms with Gasteiger partial charge >= 0.3 is 0 Å². The van der Waals surface area contributed by atoms with Crippen LogP contribution in [0.4, 0.5) is 0 Å². The molecule has 0 heterocycles. The van der Waals surface area contributed by atoms with Gasteiger partial charge in [-0.2, -0.15) is 0 Å². The summed E-state index contributed by atoms with van der Waals surface area (Å²) in [7, 11) is 0. The molecule has 1 unspecified atom stereocenters. The molecule has 0 amide bonds. The SMILES string of the molecule is CCCCCCCCCC(=O)CC(N)CC. The average Bonchev–Trinajstić information content (AvgIpc) is 2.27. The van der Waals surface area contributed by atoms with Crippen LogP contribution < -0.4 is 5.73 Å². The van der Waals surface area contributed by atoms with Crippen LogP contribution in [0, 0.1) is 0 Å². The number of Topliss-reactive ketones (excluding diaryl/α,β-unsaturated/α-hetero) is 1. The number of rotatable bonds is 11. The largest absolute Gasteiger partial charge is 0.327 e. The van der Waals surface area contributed by atoms with Crippen molar-refractivity contribution in [2.24, 2.45) is 5.73 Å². The Labute approximate surface area is 101 Å². The van der Waals surface area contributed by atoms with E-state index in [1.807, 2.05) is 6.92 Å². The highest BCUT2D eigenvalue weighted by molar-refractivity contribution is 5.78. The molecule has 0 aromatic rings. The minimum absolute atomic E-state index is 0.0806. The van der Waals surface area contributed by atoms with Gasteiger partial charge in [0.05, 0.1) is 0 Å². The maximum absolute atomic E-state index is 11.5. The van der Waals surface area contributed by atoms with E-state index in [-0.39, 0.29) is 6.04 Å². The van der Waals surface area contributed by atoms with Gasteiger partial charge < -0.3 is 5.73 Å². The predicted octanol–water partition coefficient (Wildman–Crippen LogP) is 3.82. The smallest absolute Gasteiger partial charge is 0.134 e. The van der Waals surface area contributed by atoms with Gasteiger partial charge in [-0.25, -0.2) is 0 Å². The molecule has 0 radical (unpaired) electrons. The third-order valence-corrected chi connectivity index (χ3v) is 3.07. The quantitative estimate of drug-likeness (QED) is 0.545. The molecule has 0 spiro atoms. The minimum atomic E-state index is 0.0806. The van der Waals surface area contributed by atoms with Crippen molar-refractivity contribution < 1.29 is 4.79 Å². The van der Waals surface area contributed by atoms with Gasteiger partial charge in [0.1, 0.15) is 5.78 Å². The molecule has 0 aromatic heterocycles. The van der Waals surface area contributed by atoms with Crippen LogP contribution in [-0.2, 0) is 4.79 Å². The lowest BCUT2D eigenvalue weighted by atomic mass is 10.0. The topological polar surface area (TPSA) is 43.1 Å². The molecule has 96 valence electrons. The number of hydrogen-bond donors (Lipinski definition) is 1. The molecule has 2 nitrogen and oxygen atoms in total. The monoisotopic (exact) mass is 227 g/mol. The van der Waals surface area contributed by atoms with Crippen molar-refractivity contribution in [3.05, 3.63) is 0 Å². The van der Waals surface area contributed by atoms with E-state index in [0.717, 1.165) is 19.3 Å². The lowest BCUT2D eigenvalue weighted by molar-refractivity contribution is -0.119. The van der Waals surface area contributed by atoms with Crippen molar-refractivity contribution in [1.29, 1.82) is 0 Å². The van der Waals surface area contributed by atoms with Crippen molar-refractivity contribution in [3.8, 4) is 0 Å². The van der Waals surface area contributed by atoms with Gasteiger partial charge in [0, 0.05) is 18.9 Å². The average molecular weight is 227 g/mol. The molecule has 2 heteroatoms. The minimum Gasteiger partial charge on any atom is -0.327 e. The zero-order valence-corrected chi connectivity index (χ0v) is 11.1. The van der Waals surface area contributed by atoms with Crippen LogP contribution in [-0.4, -0.2) is 11.8 Å². The Morgan fingerprint density at radius 2 is 1.56 bits per heavy atom. The summed E-state index contributed by atoms with van der Waals surface area (Å²) in [5, 5.41) is 0. The van der Waals surface area contributed by atoms with Crippen molar-refractivity contribution in [2.45, 2.75) is 84.1 Å². The molecule has 16 heavy (non-hydrogen) atoms. The van der Waals surface area contributed by atoms with Gasteiger partial charge in [-0.05, 0) is 12.8 Å². The lowest BCUT2D eigenvalue weighted by Crippen LogP contribution is -2.22. The first-order valence-electron chi connectivity index (χ1n) is 6.98. The van der Waals surface area contributed by atoms with Gasteiger partial charge in [0.25, 0.3) is 0 Å². The summed E-state index contributed by atoms with van der Waals surface area (Å²) in [6.45, 7) is 4.27. The zero-order valence-electron chi connectivity index (χ0n) is 11.1.